The van der Waals surface area contributed by atoms with Crippen molar-refractivity contribution < 1.29 is 14.7 Å². The molecule has 192 valence electrons. The maximum absolute atomic E-state index is 12.6. The summed E-state index contributed by atoms with van der Waals surface area (Å²) in [6.45, 7) is 2.68. The van der Waals surface area contributed by atoms with Crippen LogP contribution < -0.4 is 10.6 Å². The highest BCUT2D eigenvalue weighted by Gasteiger charge is 2.20. The first-order valence-electron chi connectivity index (χ1n) is 13.1. The van der Waals surface area contributed by atoms with Gasteiger partial charge in [-0.1, -0.05) is 43.3 Å². The Labute approximate surface area is 222 Å². The van der Waals surface area contributed by atoms with Crippen molar-refractivity contribution in [3.8, 4) is 16.9 Å². The Morgan fingerprint density at radius 2 is 1.74 bits per heavy atom. The fraction of sp³-hybridized carbons (Fsp3) is 0.250. The SMILES string of the molecule is CC1CCC(NC(=O)c2ccc(CNC(=C=O)c3cccc(-c4cc(O)c5ncccc5c4)c3)cc2)CC1. The van der Waals surface area contributed by atoms with Crippen molar-refractivity contribution in [2.75, 3.05) is 0 Å². The lowest BCUT2D eigenvalue weighted by Gasteiger charge is -2.26. The van der Waals surface area contributed by atoms with Crippen molar-refractivity contribution in [3.63, 3.8) is 0 Å². The number of aromatic nitrogens is 1. The van der Waals surface area contributed by atoms with Crippen LogP contribution in [0, 0.1) is 5.92 Å². The van der Waals surface area contributed by atoms with Crippen LogP contribution in [0.15, 0.2) is 79.0 Å². The molecule has 1 saturated carbocycles. The highest BCUT2D eigenvalue weighted by atomic mass is 16.3. The molecule has 0 atom stereocenters. The minimum absolute atomic E-state index is 0.0372. The van der Waals surface area contributed by atoms with Crippen molar-refractivity contribution in [1.82, 2.24) is 15.6 Å². The van der Waals surface area contributed by atoms with Crippen molar-refractivity contribution in [2.45, 2.75) is 45.2 Å². The number of hydrogen-bond acceptors (Lipinski definition) is 5. The zero-order valence-electron chi connectivity index (χ0n) is 21.4. The third-order valence-electron chi connectivity index (χ3n) is 7.31. The van der Waals surface area contributed by atoms with Crippen LogP contribution in [0.4, 0.5) is 0 Å². The Balaban J connectivity index is 1.24. The zero-order valence-corrected chi connectivity index (χ0v) is 21.4. The van der Waals surface area contributed by atoms with E-state index in [0.717, 1.165) is 53.7 Å². The molecule has 0 unspecified atom stereocenters. The third-order valence-corrected chi connectivity index (χ3v) is 7.31. The van der Waals surface area contributed by atoms with Crippen molar-refractivity contribution >= 4 is 28.4 Å². The van der Waals surface area contributed by atoms with E-state index in [9.17, 15) is 14.7 Å². The van der Waals surface area contributed by atoms with Gasteiger partial charge in [-0.3, -0.25) is 9.78 Å². The van der Waals surface area contributed by atoms with Gasteiger partial charge in [0.15, 0.2) is 5.94 Å². The number of hydrogen-bond donors (Lipinski definition) is 3. The number of phenols is 1. The predicted octanol–water partition coefficient (Wildman–Crippen LogP) is 5.88. The summed E-state index contributed by atoms with van der Waals surface area (Å²) < 4.78 is 0. The molecule has 1 aromatic heterocycles. The largest absolute Gasteiger partial charge is 0.506 e. The minimum atomic E-state index is -0.0372. The highest BCUT2D eigenvalue weighted by Crippen LogP contribution is 2.31. The Hall–Kier alpha value is -4.41. The van der Waals surface area contributed by atoms with Crippen LogP contribution in [0.1, 0.15) is 54.1 Å². The summed E-state index contributed by atoms with van der Waals surface area (Å²) in [5.41, 5.74) is 4.86. The lowest BCUT2D eigenvalue weighted by Crippen LogP contribution is -2.37. The molecule has 3 aromatic carbocycles. The number of benzene rings is 3. The van der Waals surface area contributed by atoms with E-state index in [1.54, 1.807) is 12.3 Å². The molecule has 0 spiro atoms. The standard InChI is InChI=1S/C32H31N3O3/c1-21-7-13-28(14-8-21)35-32(38)23-11-9-22(10-12-23)19-34-29(20-36)25-5-2-4-24(16-25)27-17-26-6-3-15-33-31(26)30(37)18-27/h2-6,9-12,15-18,21,28,34,37H,7-8,13-14,19H2,1H3,(H,35,38). The summed E-state index contributed by atoms with van der Waals surface area (Å²) in [6.07, 6.45) is 6.04. The van der Waals surface area contributed by atoms with Crippen LogP contribution in [0.2, 0.25) is 0 Å². The summed E-state index contributed by atoms with van der Waals surface area (Å²) in [6, 6.07) is 22.6. The topological polar surface area (TPSA) is 91.3 Å². The molecule has 1 aliphatic carbocycles. The second kappa shape index (κ2) is 11.3. The molecule has 0 bridgehead atoms. The Morgan fingerprint density at radius 3 is 2.50 bits per heavy atom. The lowest BCUT2D eigenvalue weighted by atomic mass is 9.87. The first-order valence-corrected chi connectivity index (χ1v) is 13.1. The van der Waals surface area contributed by atoms with Crippen molar-refractivity contribution in [3.05, 3.63) is 95.7 Å². The number of nitrogens with one attached hydrogen (secondary N) is 2. The van der Waals surface area contributed by atoms with Gasteiger partial charge < -0.3 is 15.7 Å². The van der Waals surface area contributed by atoms with Gasteiger partial charge in [0, 0.05) is 35.3 Å². The van der Waals surface area contributed by atoms with Gasteiger partial charge in [-0.05, 0) is 84.7 Å². The third kappa shape index (κ3) is 5.77. The Kier molecular flexibility index (Phi) is 7.52. The first kappa shape index (κ1) is 25.2. The number of carbonyl (C=O) groups is 1. The molecule has 38 heavy (non-hydrogen) atoms. The average Bonchev–Trinajstić information content (AvgIpc) is 2.95. The maximum Gasteiger partial charge on any atom is 0.251 e. The van der Waals surface area contributed by atoms with Crippen LogP contribution in [0.3, 0.4) is 0 Å². The van der Waals surface area contributed by atoms with Gasteiger partial charge in [0.25, 0.3) is 5.91 Å². The van der Waals surface area contributed by atoms with E-state index in [2.05, 4.69) is 22.5 Å². The highest BCUT2D eigenvalue weighted by molar-refractivity contribution is 5.94. The van der Waals surface area contributed by atoms with E-state index >= 15 is 0 Å². The molecule has 1 amide bonds. The molecular formula is C32H31N3O3. The number of rotatable bonds is 7. The van der Waals surface area contributed by atoms with E-state index in [0.29, 0.717) is 28.9 Å². The summed E-state index contributed by atoms with van der Waals surface area (Å²) in [5, 5.41) is 17.6. The monoisotopic (exact) mass is 505 g/mol. The Bertz CT molecular complexity index is 1500. The molecule has 0 saturated heterocycles. The fourth-order valence-corrected chi connectivity index (χ4v) is 5.03. The number of pyridine rings is 1. The molecule has 6 nitrogen and oxygen atoms in total. The molecule has 1 fully saturated rings. The van der Waals surface area contributed by atoms with Crippen molar-refractivity contribution in [2.24, 2.45) is 5.92 Å². The number of phenolic OH excluding ortho intramolecular Hbond substituents is 1. The van der Waals surface area contributed by atoms with Crippen LogP contribution >= 0.6 is 0 Å². The normalized spacial score (nSPS) is 17.0. The van der Waals surface area contributed by atoms with Gasteiger partial charge in [-0.15, -0.1) is 0 Å². The summed E-state index contributed by atoms with van der Waals surface area (Å²) in [4.78, 5) is 28.7. The Morgan fingerprint density at radius 1 is 0.947 bits per heavy atom. The molecule has 6 heteroatoms. The van der Waals surface area contributed by atoms with E-state index in [-0.39, 0.29) is 17.7 Å². The number of carbonyl (C=O) groups excluding carboxylic acids is 2. The van der Waals surface area contributed by atoms with Crippen LogP contribution in [-0.2, 0) is 11.3 Å². The number of amides is 1. The first-order chi connectivity index (χ1) is 18.5. The van der Waals surface area contributed by atoms with Crippen LogP contribution in [0.25, 0.3) is 27.7 Å². The molecule has 0 aliphatic heterocycles. The van der Waals surface area contributed by atoms with Crippen molar-refractivity contribution in [1.29, 1.82) is 0 Å². The molecular weight excluding hydrogens is 474 g/mol. The van der Waals surface area contributed by atoms with Gasteiger partial charge in [-0.25, -0.2) is 4.79 Å². The van der Waals surface area contributed by atoms with Gasteiger partial charge in [0.05, 0.1) is 0 Å². The fourth-order valence-electron chi connectivity index (χ4n) is 5.03. The number of fused-ring (bicyclic) bond motifs is 1. The maximum atomic E-state index is 12.6. The minimum Gasteiger partial charge on any atom is -0.506 e. The zero-order chi connectivity index (χ0) is 26.5. The van der Waals surface area contributed by atoms with E-state index in [1.807, 2.05) is 72.7 Å². The van der Waals surface area contributed by atoms with Gasteiger partial charge in [-0.2, -0.15) is 0 Å². The molecule has 1 aliphatic rings. The second-order valence-electron chi connectivity index (χ2n) is 10.1. The molecule has 4 aromatic rings. The summed E-state index contributed by atoms with van der Waals surface area (Å²) in [5.74, 6) is 2.83. The quantitative estimate of drug-likeness (QED) is 0.273. The van der Waals surface area contributed by atoms with Gasteiger partial charge in [0.2, 0.25) is 0 Å². The molecule has 5 rings (SSSR count). The average molecular weight is 506 g/mol. The second-order valence-corrected chi connectivity index (χ2v) is 10.1. The van der Waals surface area contributed by atoms with E-state index < -0.39 is 0 Å². The summed E-state index contributed by atoms with van der Waals surface area (Å²) in [7, 11) is 0. The number of nitrogens with zero attached hydrogens (tertiary/aromatic N) is 1. The molecule has 3 N–H and O–H groups in total. The predicted molar refractivity (Wildman–Crippen MR) is 150 cm³/mol. The molecule has 1 heterocycles. The smallest absolute Gasteiger partial charge is 0.251 e. The van der Waals surface area contributed by atoms with Gasteiger partial charge >= 0.3 is 0 Å². The van der Waals surface area contributed by atoms with Crippen LogP contribution in [0.5, 0.6) is 5.75 Å². The van der Waals surface area contributed by atoms with E-state index in [1.165, 1.54) is 0 Å². The summed E-state index contributed by atoms with van der Waals surface area (Å²) >= 11 is 0. The van der Waals surface area contributed by atoms with E-state index in [4.69, 9.17) is 0 Å². The van der Waals surface area contributed by atoms with Crippen LogP contribution in [-0.4, -0.2) is 28.0 Å². The lowest BCUT2D eigenvalue weighted by molar-refractivity contribution is 0.0923. The molecule has 0 radical (unpaired) electrons. The van der Waals surface area contributed by atoms with Gasteiger partial charge in [0.1, 0.15) is 17.0 Å². The number of aromatic hydroxyl groups is 1.